The van der Waals surface area contributed by atoms with Gasteiger partial charge in [-0.2, -0.15) is 0 Å². The maximum Gasteiger partial charge on any atom is 0.247 e. The maximum atomic E-state index is 10.7. The van der Waals surface area contributed by atoms with Crippen LogP contribution in [0, 0.1) is 0 Å². The number of hydrogen-bond donors (Lipinski definition) is 3. The fraction of sp³-hybridized carbons (Fsp3) is 0. The Bertz CT molecular complexity index is 300. The van der Waals surface area contributed by atoms with E-state index < -0.39 is 23.1 Å². The zero-order valence-electron chi connectivity index (χ0n) is 5.37. The van der Waals surface area contributed by atoms with Gasteiger partial charge in [-0.05, 0) is 0 Å². The van der Waals surface area contributed by atoms with E-state index in [4.69, 9.17) is 15.9 Å². The lowest BCUT2D eigenvalue weighted by atomic mass is 10.1. The number of carbonyl (C=O) groups is 2. The van der Waals surface area contributed by atoms with Gasteiger partial charge in [0.15, 0.2) is 0 Å². The lowest BCUT2D eigenvalue weighted by molar-refractivity contribution is -0.119. The highest BCUT2D eigenvalue weighted by Gasteiger charge is 2.26. The molecule has 1 aliphatic carbocycles. The second kappa shape index (κ2) is 2.12. The summed E-state index contributed by atoms with van der Waals surface area (Å²) < 4.78 is 0. The molecule has 0 bridgehead atoms. The number of Topliss-reactive ketones (excluding diaryl/α,β-unsaturated/α-hetero) is 1. The molecule has 0 unspecified atom stereocenters. The summed E-state index contributed by atoms with van der Waals surface area (Å²) in [4.78, 5) is 21.3. The second-order valence-electron chi connectivity index (χ2n) is 1.99. The van der Waals surface area contributed by atoms with Crippen molar-refractivity contribution < 1.29 is 19.8 Å². The Morgan fingerprint density at radius 1 is 1.18 bits per heavy atom. The average Bonchev–Trinajstić information content (AvgIpc) is 1.97. The molecule has 5 heteroatoms. The number of allylic oxidation sites excluding steroid dienone is 1. The topological polar surface area (TPSA) is 101 Å². The molecule has 0 fully saturated rings. The Morgan fingerprint density at radius 3 is 2.27 bits per heavy atom. The van der Waals surface area contributed by atoms with E-state index in [1.807, 2.05) is 0 Å². The van der Waals surface area contributed by atoms with E-state index >= 15 is 0 Å². The monoisotopic (exact) mass is 155 g/mol. The number of nitrogens with two attached hydrogens (primary N) is 1. The fourth-order valence-corrected chi connectivity index (χ4v) is 0.636. The van der Waals surface area contributed by atoms with Gasteiger partial charge >= 0.3 is 0 Å². The first-order valence-electron chi connectivity index (χ1n) is 2.72. The molecule has 58 valence electrons. The minimum absolute atomic E-state index is 0.370. The first-order chi connectivity index (χ1) is 5.04. The van der Waals surface area contributed by atoms with Crippen LogP contribution in [-0.4, -0.2) is 21.8 Å². The molecule has 0 aliphatic heterocycles. The summed E-state index contributed by atoms with van der Waals surface area (Å²) in [6, 6.07) is 0. The zero-order valence-corrected chi connectivity index (χ0v) is 5.37. The van der Waals surface area contributed by atoms with Gasteiger partial charge < -0.3 is 15.9 Å². The van der Waals surface area contributed by atoms with Crippen molar-refractivity contribution >= 4 is 11.6 Å². The third kappa shape index (κ3) is 0.958. The predicted octanol–water partition coefficient (Wildman–Crippen LogP) is -0.692. The van der Waals surface area contributed by atoms with Crippen molar-refractivity contribution in [2.75, 3.05) is 0 Å². The van der Waals surface area contributed by atoms with Gasteiger partial charge in [0.05, 0.1) is 5.70 Å². The number of hydrogen-bond acceptors (Lipinski definition) is 5. The van der Waals surface area contributed by atoms with Gasteiger partial charge in [-0.1, -0.05) is 0 Å². The minimum Gasteiger partial charge on any atom is -0.501 e. The van der Waals surface area contributed by atoms with E-state index in [1.165, 1.54) is 0 Å². The van der Waals surface area contributed by atoms with Gasteiger partial charge in [-0.3, -0.25) is 9.59 Å². The molecule has 0 spiro atoms. The Morgan fingerprint density at radius 2 is 1.73 bits per heavy atom. The Labute approximate surface area is 61.4 Å². The van der Waals surface area contributed by atoms with Crippen molar-refractivity contribution in [2.24, 2.45) is 5.73 Å². The molecule has 0 aromatic rings. The van der Waals surface area contributed by atoms with Crippen LogP contribution >= 0.6 is 0 Å². The van der Waals surface area contributed by atoms with Crippen molar-refractivity contribution in [1.82, 2.24) is 0 Å². The lowest BCUT2D eigenvalue weighted by Gasteiger charge is -2.06. The summed E-state index contributed by atoms with van der Waals surface area (Å²) in [5, 5.41) is 17.4. The highest BCUT2D eigenvalue weighted by Crippen LogP contribution is 2.11. The molecule has 0 aromatic heterocycles. The molecule has 11 heavy (non-hydrogen) atoms. The SMILES string of the molecule is NC1=CC(=O)C(O)=C(O)C1=O. The van der Waals surface area contributed by atoms with Crippen molar-refractivity contribution in [2.45, 2.75) is 0 Å². The number of rotatable bonds is 0. The number of ketones is 2. The molecule has 0 saturated carbocycles. The molecule has 0 radical (unpaired) electrons. The minimum atomic E-state index is -0.991. The van der Waals surface area contributed by atoms with Crippen LogP contribution in [0.3, 0.4) is 0 Å². The van der Waals surface area contributed by atoms with E-state index in [-0.39, 0.29) is 5.70 Å². The van der Waals surface area contributed by atoms with Gasteiger partial charge in [-0.15, -0.1) is 0 Å². The van der Waals surface area contributed by atoms with Crippen LogP contribution < -0.4 is 5.73 Å². The van der Waals surface area contributed by atoms with Crippen LogP contribution in [0.2, 0.25) is 0 Å². The van der Waals surface area contributed by atoms with Crippen molar-refractivity contribution in [3.8, 4) is 0 Å². The summed E-state index contributed by atoms with van der Waals surface area (Å²) in [7, 11) is 0. The summed E-state index contributed by atoms with van der Waals surface area (Å²) in [5.74, 6) is -3.74. The van der Waals surface area contributed by atoms with E-state index in [2.05, 4.69) is 0 Å². The standard InChI is InChI=1S/C6H5NO4/c7-2-1-3(8)5(10)6(11)4(2)9/h1,10-11H,7H2. The quantitative estimate of drug-likeness (QED) is 0.402. The molecule has 1 rings (SSSR count). The molecular weight excluding hydrogens is 150 g/mol. The second-order valence-corrected chi connectivity index (χ2v) is 1.99. The van der Waals surface area contributed by atoms with Gasteiger partial charge in [0.2, 0.25) is 23.1 Å². The van der Waals surface area contributed by atoms with Crippen molar-refractivity contribution in [1.29, 1.82) is 0 Å². The van der Waals surface area contributed by atoms with Crippen LogP contribution in [-0.2, 0) is 9.59 Å². The highest BCUT2D eigenvalue weighted by atomic mass is 16.3. The maximum absolute atomic E-state index is 10.7. The summed E-state index contributed by atoms with van der Waals surface area (Å²) in [5.41, 5.74) is 4.64. The Kier molecular flexibility index (Phi) is 1.41. The third-order valence-corrected chi connectivity index (χ3v) is 1.22. The van der Waals surface area contributed by atoms with E-state index in [9.17, 15) is 9.59 Å². The van der Waals surface area contributed by atoms with E-state index in [0.29, 0.717) is 0 Å². The van der Waals surface area contributed by atoms with Gasteiger partial charge in [-0.25, -0.2) is 0 Å². The van der Waals surface area contributed by atoms with Gasteiger partial charge in [0.25, 0.3) is 0 Å². The molecule has 0 atom stereocenters. The predicted molar refractivity (Wildman–Crippen MR) is 34.6 cm³/mol. The smallest absolute Gasteiger partial charge is 0.247 e. The van der Waals surface area contributed by atoms with Crippen molar-refractivity contribution in [3.63, 3.8) is 0 Å². The molecule has 0 aromatic carbocycles. The van der Waals surface area contributed by atoms with Crippen LogP contribution in [0.15, 0.2) is 23.3 Å². The molecule has 1 aliphatic rings. The number of aliphatic hydroxyl groups is 2. The molecular formula is C6H5NO4. The summed E-state index contributed by atoms with van der Waals surface area (Å²) >= 11 is 0. The Balaban J connectivity index is 3.19. The molecule has 0 amide bonds. The van der Waals surface area contributed by atoms with Gasteiger partial charge in [0, 0.05) is 6.08 Å². The molecule has 0 heterocycles. The third-order valence-electron chi connectivity index (χ3n) is 1.22. The van der Waals surface area contributed by atoms with Crippen LogP contribution in [0.5, 0.6) is 0 Å². The number of aliphatic hydroxyl groups excluding tert-OH is 2. The Hall–Kier alpha value is -1.78. The average molecular weight is 155 g/mol. The molecule has 0 saturated heterocycles. The highest BCUT2D eigenvalue weighted by molar-refractivity contribution is 6.20. The van der Waals surface area contributed by atoms with E-state index in [0.717, 1.165) is 6.08 Å². The van der Waals surface area contributed by atoms with Crippen LogP contribution in [0.25, 0.3) is 0 Å². The number of carbonyl (C=O) groups excluding carboxylic acids is 2. The van der Waals surface area contributed by atoms with Crippen LogP contribution in [0.1, 0.15) is 0 Å². The molecule has 4 N–H and O–H groups in total. The first kappa shape index (κ1) is 7.33. The molecule has 5 nitrogen and oxygen atoms in total. The lowest BCUT2D eigenvalue weighted by Crippen LogP contribution is -2.23. The summed E-state index contributed by atoms with van der Waals surface area (Å²) in [6.07, 6.45) is 0.761. The first-order valence-corrected chi connectivity index (χ1v) is 2.72. The normalized spacial score (nSPS) is 18.7. The van der Waals surface area contributed by atoms with Gasteiger partial charge in [0.1, 0.15) is 0 Å². The van der Waals surface area contributed by atoms with Crippen LogP contribution in [0.4, 0.5) is 0 Å². The summed E-state index contributed by atoms with van der Waals surface area (Å²) in [6.45, 7) is 0. The van der Waals surface area contributed by atoms with E-state index in [1.54, 1.807) is 0 Å². The zero-order chi connectivity index (χ0) is 8.59. The fourth-order valence-electron chi connectivity index (χ4n) is 0.636. The van der Waals surface area contributed by atoms with Crippen molar-refractivity contribution in [3.05, 3.63) is 23.3 Å². The largest absolute Gasteiger partial charge is 0.501 e.